The maximum atomic E-state index is 8.86. The van der Waals surface area contributed by atoms with Crippen LogP contribution in [0, 0.1) is 11.3 Å². The normalized spacial score (nSPS) is 12.9. The van der Waals surface area contributed by atoms with Crippen LogP contribution < -0.4 is 5.32 Å². The number of hydrogen-bond donors (Lipinski definition) is 1. The van der Waals surface area contributed by atoms with Crippen LogP contribution in [0.15, 0.2) is 22.7 Å². The van der Waals surface area contributed by atoms with Gasteiger partial charge in [0.1, 0.15) is 6.07 Å². The Labute approximate surface area is 85.0 Å². The molecular formula is C10H7BrN2. The summed E-state index contributed by atoms with van der Waals surface area (Å²) in [5, 5.41) is 12.0. The van der Waals surface area contributed by atoms with Crippen LogP contribution >= 0.6 is 15.9 Å². The van der Waals surface area contributed by atoms with Gasteiger partial charge in [-0.05, 0) is 12.1 Å². The molecule has 2 rings (SSSR count). The van der Waals surface area contributed by atoms with Gasteiger partial charge in [0, 0.05) is 16.6 Å². The van der Waals surface area contributed by atoms with E-state index in [9.17, 15) is 0 Å². The highest BCUT2D eigenvalue weighted by Crippen LogP contribution is 2.31. The molecule has 0 amide bonds. The van der Waals surface area contributed by atoms with E-state index in [0.717, 1.165) is 22.3 Å². The van der Waals surface area contributed by atoms with Gasteiger partial charge in [-0.1, -0.05) is 28.1 Å². The summed E-state index contributed by atoms with van der Waals surface area (Å²) < 4.78 is 1.02. The third-order valence-electron chi connectivity index (χ3n) is 1.99. The Balaban J connectivity index is 2.69. The van der Waals surface area contributed by atoms with Crippen LogP contribution in [-0.2, 0) is 0 Å². The smallest absolute Gasteiger partial charge is 0.101 e. The number of anilines is 1. The summed E-state index contributed by atoms with van der Waals surface area (Å²) in [4.78, 5) is 0. The van der Waals surface area contributed by atoms with Gasteiger partial charge >= 0.3 is 0 Å². The zero-order valence-electron chi connectivity index (χ0n) is 6.84. The van der Waals surface area contributed by atoms with Crippen molar-refractivity contribution in [2.24, 2.45) is 0 Å². The van der Waals surface area contributed by atoms with Crippen molar-refractivity contribution < 1.29 is 0 Å². The van der Waals surface area contributed by atoms with Crippen LogP contribution in [0.3, 0.4) is 0 Å². The molecular weight excluding hydrogens is 228 g/mol. The summed E-state index contributed by atoms with van der Waals surface area (Å²) in [6, 6.07) is 5.88. The average molecular weight is 235 g/mol. The molecule has 1 N–H and O–H groups in total. The number of halogens is 1. The van der Waals surface area contributed by atoms with Crippen molar-refractivity contribution >= 4 is 27.7 Å². The van der Waals surface area contributed by atoms with Gasteiger partial charge in [0.25, 0.3) is 0 Å². The average Bonchev–Trinajstić information content (AvgIpc) is 2.19. The molecule has 1 aromatic carbocycles. The number of benzene rings is 1. The van der Waals surface area contributed by atoms with Gasteiger partial charge in [0.05, 0.1) is 11.3 Å². The third kappa shape index (κ3) is 1.34. The van der Waals surface area contributed by atoms with Gasteiger partial charge in [-0.25, -0.2) is 0 Å². The number of nitrogens with one attached hydrogen (secondary N) is 1. The predicted molar refractivity (Wildman–Crippen MR) is 56.4 cm³/mol. The van der Waals surface area contributed by atoms with Crippen LogP contribution in [0.25, 0.3) is 6.08 Å². The van der Waals surface area contributed by atoms with E-state index in [-0.39, 0.29) is 0 Å². The summed E-state index contributed by atoms with van der Waals surface area (Å²) in [5.41, 5.74) is 2.69. The van der Waals surface area contributed by atoms with Gasteiger partial charge < -0.3 is 5.32 Å². The lowest BCUT2D eigenvalue weighted by molar-refractivity contribution is 1.29. The molecule has 1 heterocycles. The number of rotatable bonds is 0. The molecule has 1 aliphatic rings. The second kappa shape index (κ2) is 3.23. The molecule has 13 heavy (non-hydrogen) atoms. The Morgan fingerprint density at radius 3 is 3.08 bits per heavy atom. The summed E-state index contributed by atoms with van der Waals surface area (Å²) in [5.74, 6) is 0. The highest BCUT2D eigenvalue weighted by molar-refractivity contribution is 9.10. The fourth-order valence-electron chi connectivity index (χ4n) is 1.38. The standard InChI is InChI=1S/C10H7BrN2/c11-9-4-3-7(6-12)10-8(9)2-1-5-13-10/h1-4,13H,5H2. The number of nitriles is 1. The Hall–Kier alpha value is -1.27. The van der Waals surface area contributed by atoms with Crippen molar-refractivity contribution in [3.8, 4) is 6.07 Å². The topological polar surface area (TPSA) is 35.8 Å². The van der Waals surface area contributed by atoms with Crippen LogP contribution in [0.2, 0.25) is 0 Å². The molecule has 0 atom stereocenters. The lowest BCUT2D eigenvalue weighted by Crippen LogP contribution is -2.06. The second-order valence-electron chi connectivity index (χ2n) is 2.78. The van der Waals surface area contributed by atoms with Gasteiger partial charge in [0.2, 0.25) is 0 Å². The first kappa shape index (κ1) is 8.33. The molecule has 0 fully saturated rings. The quantitative estimate of drug-likeness (QED) is 0.750. The van der Waals surface area contributed by atoms with E-state index >= 15 is 0 Å². The maximum Gasteiger partial charge on any atom is 0.101 e. The maximum absolute atomic E-state index is 8.86. The van der Waals surface area contributed by atoms with E-state index in [0.29, 0.717) is 5.56 Å². The fraction of sp³-hybridized carbons (Fsp3) is 0.100. The lowest BCUT2D eigenvalue weighted by Gasteiger charge is -2.15. The van der Waals surface area contributed by atoms with Crippen LogP contribution in [0.5, 0.6) is 0 Å². The minimum absolute atomic E-state index is 0.697. The highest BCUT2D eigenvalue weighted by Gasteiger charge is 2.11. The van der Waals surface area contributed by atoms with E-state index in [1.165, 1.54) is 0 Å². The largest absolute Gasteiger partial charge is 0.380 e. The lowest BCUT2D eigenvalue weighted by atomic mass is 10.1. The Kier molecular flexibility index (Phi) is 2.07. The Morgan fingerprint density at radius 2 is 2.31 bits per heavy atom. The van der Waals surface area contributed by atoms with Gasteiger partial charge in [-0.15, -0.1) is 0 Å². The SMILES string of the molecule is N#Cc1ccc(Br)c2c1NCC=C2. The minimum Gasteiger partial charge on any atom is -0.380 e. The first-order valence-electron chi connectivity index (χ1n) is 3.96. The summed E-state index contributed by atoms with van der Waals surface area (Å²) in [6.07, 6.45) is 4.06. The Morgan fingerprint density at radius 1 is 1.46 bits per heavy atom. The van der Waals surface area contributed by atoms with Gasteiger partial charge in [0.15, 0.2) is 0 Å². The van der Waals surface area contributed by atoms with E-state index in [4.69, 9.17) is 5.26 Å². The molecule has 0 aromatic heterocycles. The monoisotopic (exact) mass is 234 g/mol. The van der Waals surface area contributed by atoms with Crippen molar-refractivity contribution in [2.45, 2.75) is 0 Å². The van der Waals surface area contributed by atoms with Crippen molar-refractivity contribution in [3.05, 3.63) is 33.8 Å². The van der Waals surface area contributed by atoms with Crippen LogP contribution in [0.1, 0.15) is 11.1 Å². The molecule has 64 valence electrons. The van der Waals surface area contributed by atoms with Crippen molar-refractivity contribution in [1.82, 2.24) is 0 Å². The van der Waals surface area contributed by atoms with Gasteiger partial charge in [-0.3, -0.25) is 0 Å². The molecule has 0 unspecified atom stereocenters. The molecule has 0 spiro atoms. The number of nitrogens with zero attached hydrogens (tertiary/aromatic N) is 1. The number of hydrogen-bond acceptors (Lipinski definition) is 2. The second-order valence-corrected chi connectivity index (χ2v) is 3.63. The van der Waals surface area contributed by atoms with Crippen molar-refractivity contribution in [1.29, 1.82) is 5.26 Å². The molecule has 0 saturated heterocycles. The number of fused-ring (bicyclic) bond motifs is 1. The Bertz CT molecular complexity index is 416. The summed E-state index contributed by atoms with van der Waals surface area (Å²) >= 11 is 3.44. The molecule has 2 nitrogen and oxygen atoms in total. The first-order chi connectivity index (χ1) is 6.33. The molecule has 0 radical (unpaired) electrons. The first-order valence-corrected chi connectivity index (χ1v) is 4.75. The molecule has 0 bridgehead atoms. The van der Waals surface area contributed by atoms with Crippen LogP contribution in [-0.4, -0.2) is 6.54 Å². The predicted octanol–water partition coefficient (Wildman–Crippen LogP) is 2.76. The van der Waals surface area contributed by atoms with E-state index in [2.05, 4.69) is 27.3 Å². The molecule has 1 aromatic rings. The minimum atomic E-state index is 0.697. The molecule has 1 aliphatic heterocycles. The summed E-state index contributed by atoms with van der Waals surface area (Å²) in [7, 11) is 0. The molecule has 0 saturated carbocycles. The zero-order valence-corrected chi connectivity index (χ0v) is 8.43. The van der Waals surface area contributed by atoms with E-state index in [1.54, 1.807) is 0 Å². The van der Waals surface area contributed by atoms with Crippen molar-refractivity contribution in [2.75, 3.05) is 11.9 Å². The van der Waals surface area contributed by atoms with E-state index < -0.39 is 0 Å². The van der Waals surface area contributed by atoms with E-state index in [1.807, 2.05) is 24.3 Å². The third-order valence-corrected chi connectivity index (χ3v) is 2.69. The van der Waals surface area contributed by atoms with Crippen LogP contribution in [0.4, 0.5) is 5.69 Å². The zero-order chi connectivity index (χ0) is 9.26. The molecule has 0 aliphatic carbocycles. The van der Waals surface area contributed by atoms with Crippen molar-refractivity contribution in [3.63, 3.8) is 0 Å². The van der Waals surface area contributed by atoms with Gasteiger partial charge in [-0.2, -0.15) is 5.26 Å². The molecule has 3 heteroatoms. The summed E-state index contributed by atoms with van der Waals surface area (Å²) in [6.45, 7) is 0.790. The highest BCUT2D eigenvalue weighted by atomic mass is 79.9. The fourth-order valence-corrected chi connectivity index (χ4v) is 1.84.